The Balaban J connectivity index is 0.918. The van der Waals surface area contributed by atoms with Crippen molar-refractivity contribution < 1.29 is 0 Å². The maximum absolute atomic E-state index is 5.57. The molecule has 5 heteroatoms. The molecule has 0 saturated heterocycles. The Kier molecular flexibility index (Phi) is 10.6. The smallest absolute Gasteiger partial charge is 0.159 e. The molecule has 3 heterocycles. The van der Waals surface area contributed by atoms with Gasteiger partial charge in [0.2, 0.25) is 0 Å². The van der Waals surface area contributed by atoms with Crippen molar-refractivity contribution in [3.63, 3.8) is 0 Å². The van der Waals surface area contributed by atoms with Gasteiger partial charge >= 0.3 is 0 Å². The molecule has 0 radical (unpaired) electrons. The number of amidine groups is 2. The Morgan fingerprint density at radius 3 is 1.40 bits per heavy atom. The Bertz CT molecular complexity index is 4980. The average Bonchev–Trinajstić information content (AvgIpc) is 4.27. The van der Waals surface area contributed by atoms with E-state index in [0.29, 0.717) is 5.84 Å². The van der Waals surface area contributed by atoms with Crippen LogP contribution < -0.4 is 5.32 Å². The normalized spacial score (nSPS) is 13.6. The number of nitrogens with zero attached hydrogens (tertiary/aromatic N) is 4. The third-order valence-electron chi connectivity index (χ3n) is 16.4. The molecule has 1 aliphatic rings. The Labute approximate surface area is 462 Å². The molecule has 13 aromatic carbocycles. The lowest BCUT2D eigenvalue weighted by Crippen LogP contribution is -2.34. The summed E-state index contributed by atoms with van der Waals surface area (Å²) in [4.78, 5) is 11.0. The predicted molar refractivity (Wildman–Crippen MR) is 336 cm³/mol. The molecule has 0 fully saturated rings. The first-order chi connectivity index (χ1) is 39.7. The maximum Gasteiger partial charge on any atom is 0.159 e. The van der Waals surface area contributed by atoms with Crippen LogP contribution in [0.2, 0.25) is 0 Å². The van der Waals surface area contributed by atoms with Gasteiger partial charge in [0.25, 0.3) is 0 Å². The SMILES string of the molecule is c1ccc(C2=NC(c3ccc(-c4ccccc4)cc3-n3c4ccccc4c4c(-c5cccc6c5c5ccc(-c7ccccc7)cc5n6-c5ccccc5)cccc43)NC(c3ccc4c5ccccc5c5ccccc5c4c3)=N2)cc1. The molecule has 0 saturated carbocycles. The fraction of sp³-hybridized carbons (Fsp3) is 0.0133. The quantitative estimate of drug-likeness (QED) is 0.152. The number of fused-ring (bicyclic) bond motifs is 12. The van der Waals surface area contributed by atoms with Crippen molar-refractivity contribution in [1.29, 1.82) is 0 Å². The predicted octanol–water partition coefficient (Wildman–Crippen LogP) is 18.8. The van der Waals surface area contributed by atoms with E-state index < -0.39 is 6.17 Å². The highest BCUT2D eigenvalue weighted by Crippen LogP contribution is 2.46. The first-order valence-corrected chi connectivity index (χ1v) is 27.4. The topological polar surface area (TPSA) is 46.6 Å². The summed E-state index contributed by atoms with van der Waals surface area (Å²) in [6.45, 7) is 0. The van der Waals surface area contributed by atoms with Crippen LogP contribution in [0.15, 0.2) is 295 Å². The minimum absolute atomic E-state index is 0.514. The molecule has 0 spiro atoms. The molecule has 0 aliphatic carbocycles. The van der Waals surface area contributed by atoms with Gasteiger partial charge in [-0.1, -0.05) is 237 Å². The maximum atomic E-state index is 5.57. The minimum Gasteiger partial charge on any atom is -0.344 e. The van der Waals surface area contributed by atoms with Crippen molar-refractivity contribution >= 4 is 87.6 Å². The van der Waals surface area contributed by atoms with Crippen LogP contribution in [0.25, 0.3) is 121 Å². The summed E-state index contributed by atoms with van der Waals surface area (Å²) >= 11 is 0. The average molecular weight is 1020 g/mol. The highest BCUT2D eigenvalue weighted by Gasteiger charge is 2.28. The number of hydrogen-bond acceptors (Lipinski definition) is 3. The second-order valence-electron chi connectivity index (χ2n) is 20.8. The van der Waals surface area contributed by atoms with Gasteiger partial charge in [0.15, 0.2) is 5.84 Å². The second kappa shape index (κ2) is 18.5. The number of nitrogens with one attached hydrogen (secondary N) is 1. The molecule has 374 valence electrons. The third-order valence-corrected chi connectivity index (χ3v) is 16.4. The van der Waals surface area contributed by atoms with E-state index in [2.05, 4.69) is 294 Å². The standard InChI is InChI=1S/C75H49N5/c1-5-21-48(22-6-1)51-39-43-63-69(46-51)79(54-27-11-4-12-28-54)67-37-19-34-61(72(63)67)60-35-20-38-68-71(60)62-33-17-18-36-66(62)80(68)70-47-52(49-23-7-2-8-24-49)40-44-64(70)75-77-73(50-25-9-3-10-26-50)76-74(78-75)53-41-42-59-57-31-14-13-29-55(57)56-30-15-16-32-58(56)65(59)45-53/h1-47,75H,(H,76,77,78). The molecule has 1 N–H and O–H groups in total. The van der Waals surface area contributed by atoms with Gasteiger partial charge in [0, 0.05) is 43.9 Å². The van der Waals surface area contributed by atoms with Crippen LogP contribution in [0.1, 0.15) is 22.9 Å². The molecular weight excluding hydrogens is 971 g/mol. The number of aromatic nitrogens is 2. The lowest BCUT2D eigenvalue weighted by molar-refractivity contribution is 0.671. The molecule has 1 unspecified atom stereocenters. The third kappa shape index (κ3) is 7.32. The van der Waals surface area contributed by atoms with Crippen LogP contribution in [0.3, 0.4) is 0 Å². The molecule has 2 aromatic heterocycles. The molecule has 80 heavy (non-hydrogen) atoms. The number of para-hydroxylation sites is 2. The molecule has 0 bridgehead atoms. The lowest BCUT2D eigenvalue weighted by Gasteiger charge is -2.26. The fourth-order valence-electron chi connectivity index (χ4n) is 12.8. The van der Waals surface area contributed by atoms with E-state index in [1.807, 2.05) is 6.07 Å². The summed E-state index contributed by atoms with van der Waals surface area (Å²) in [7, 11) is 0. The lowest BCUT2D eigenvalue weighted by atomic mass is 9.93. The monoisotopic (exact) mass is 1020 g/mol. The van der Waals surface area contributed by atoms with Crippen LogP contribution in [-0.4, -0.2) is 20.8 Å². The molecule has 1 aliphatic heterocycles. The number of rotatable bonds is 8. The highest BCUT2D eigenvalue weighted by molar-refractivity contribution is 6.27. The van der Waals surface area contributed by atoms with E-state index in [1.54, 1.807) is 0 Å². The molecule has 5 nitrogen and oxygen atoms in total. The van der Waals surface area contributed by atoms with Gasteiger partial charge in [-0.3, -0.25) is 0 Å². The highest BCUT2D eigenvalue weighted by atomic mass is 15.2. The summed E-state index contributed by atoms with van der Waals surface area (Å²) in [6, 6.07) is 103. The molecule has 16 rings (SSSR count). The van der Waals surface area contributed by atoms with Crippen molar-refractivity contribution in [1.82, 2.24) is 14.5 Å². The van der Waals surface area contributed by atoms with E-state index in [-0.39, 0.29) is 0 Å². The summed E-state index contributed by atoms with van der Waals surface area (Å²) in [6.07, 6.45) is -0.514. The Hall–Kier alpha value is -10.6. The Morgan fingerprint density at radius 2 is 0.762 bits per heavy atom. The summed E-state index contributed by atoms with van der Waals surface area (Å²) in [5.74, 6) is 1.44. The van der Waals surface area contributed by atoms with Crippen molar-refractivity contribution in [2.45, 2.75) is 6.17 Å². The zero-order valence-corrected chi connectivity index (χ0v) is 43.5. The van der Waals surface area contributed by atoms with Crippen molar-refractivity contribution in [3.05, 3.63) is 302 Å². The zero-order valence-electron chi connectivity index (χ0n) is 43.5. The van der Waals surface area contributed by atoms with Crippen molar-refractivity contribution in [2.24, 2.45) is 9.98 Å². The molecule has 0 amide bonds. The van der Waals surface area contributed by atoms with Gasteiger partial charge in [0.1, 0.15) is 12.0 Å². The van der Waals surface area contributed by atoms with Gasteiger partial charge in [-0.05, 0) is 114 Å². The van der Waals surface area contributed by atoms with E-state index >= 15 is 0 Å². The van der Waals surface area contributed by atoms with Gasteiger partial charge in [-0.15, -0.1) is 0 Å². The first kappa shape index (κ1) is 45.6. The summed E-state index contributed by atoms with van der Waals surface area (Å²) in [5, 5.41) is 16.1. The number of benzene rings is 13. The van der Waals surface area contributed by atoms with Crippen LogP contribution >= 0.6 is 0 Å². The minimum atomic E-state index is -0.514. The van der Waals surface area contributed by atoms with Gasteiger partial charge < -0.3 is 14.5 Å². The van der Waals surface area contributed by atoms with E-state index in [9.17, 15) is 0 Å². The largest absolute Gasteiger partial charge is 0.344 e. The van der Waals surface area contributed by atoms with Gasteiger partial charge in [-0.2, -0.15) is 0 Å². The number of aliphatic imine (C=N–C) groups is 2. The molecule has 15 aromatic rings. The van der Waals surface area contributed by atoms with Crippen LogP contribution in [0.5, 0.6) is 0 Å². The van der Waals surface area contributed by atoms with E-state index in [4.69, 9.17) is 9.98 Å². The van der Waals surface area contributed by atoms with Crippen LogP contribution in [0.4, 0.5) is 0 Å². The zero-order chi connectivity index (χ0) is 52.7. The van der Waals surface area contributed by atoms with E-state index in [0.717, 1.165) is 61.6 Å². The Morgan fingerprint density at radius 1 is 0.300 bits per heavy atom. The second-order valence-corrected chi connectivity index (χ2v) is 20.8. The van der Waals surface area contributed by atoms with Gasteiger partial charge in [-0.25, -0.2) is 9.98 Å². The van der Waals surface area contributed by atoms with Gasteiger partial charge in [0.05, 0.1) is 27.8 Å². The molecule has 1 atom stereocenters. The molecular formula is C75H49N5. The number of hydrogen-bond donors (Lipinski definition) is 1. The van der Waals surface area contributed by atoms with Crippen molar-refractivity contribution in [3.8, 4) is 44.8 Å². The fourth-order valence-corrected chi connectivity index (χ4v) is 12.8. The first-order valence-electron chi connectivity index (χ1n) is 27.4. The van der Waals surface area contributed by atoms with Crippen LogP contribution in [-0.2, 0) is 0 Å². The van der Waals surface area contributed by atoms with E-state index in [1.165, 1.54) is 81.6 Å². The summed E-state index contributed by atoms with van der Waals surface area (Å²) in [5.41, 5.74) is 16.7. The van der Waals surface area contributed by atoms with Crippen molar-refractivity contribution in [2.75, 3.05) is 0 Å². The van der Waals surface area contributed by atoms with Crippen LogP contribution in [0, 0.1) is 0 Å². The summed E-state index contributed by atoms with van der Waals surface area (Å²) < 4.78 is 4.92.